The van der Waals surface area contributed by atoms with Gasteiger partial charge in [-0.05, 0) is 38.6 Å². The fraction of sp³-hybridized carbons (Fsp3) is 0.929. The number of piperidine rings is 1. The lowest BCUT2D eigenvalue weighted by Gasteiger charge is -2.44. The standard InChI is InChI=1S/C14H27NO4/c1-10(2)19-9-11(16)8-15-7-5-6-14(3,4)12(15)13(17)18/h10-12,16H,5-9H2,1-4H3,(H,17,18). The molecule has 0 spiro atoms. The van der Waals surface area contributed by atoms with E-state index in [0.29, 0.717) is 6.54 Å². The van der Waals surface area contributed by atoms with Gasteiger partial charge in [0.2, 0.25) is 0 Å². The average molecular weight is 273 g/mol. The molecule has 0 aromatic carbocycles. The zero-order chi connectivity index (χ0) is 14.6. The van der Waals surface area contributed by atoms with Crippen LogP contribution >= 0.6 is 0 Å². The van der Waals surface area contributed by atoms with Crippen molar-refractivity contribution in [1.29, 1.82) is 0 Å². The molecule has 1 fully saturated rings. The Kier molecular flexibility index (Phi) is 5.77. The topological polar surface area (TPSA) is 70.0 Å². The second-order valence-corrected chi connectivity index (χ2v) is 6.36. The molecule has 0 aliphatic carbocycles. The molecule has 0 saturated carbocycles. The highest BCUT2D eigenvalue weighted by molar-refractivity contribution is 5.74. The third-order valence-corrected chi connectivity index (χ3v) is 3.67. The van der Waals surface area contributed by atoms with Crippen LogP contribution in [0.3, 0.4) is 0 Å². The van der Waals surface area contributed by atoms with Gasteiger partial charge in [-0.25, -0.2) is 0 Å². The number of ether oxygens (including phenoxy) is 1. The third-order valence-electron chi connectivity index (χ3n) is 3.67. The van der Waals surface area contributed by atoms with Crippen molar-refractivity contribution in [2.24, 2.45) is 5.41 Å². The summed E-state index contributed by atoms with van der Waals surface area (Å²) in [5.41, 5.74) is -0.261. The number of rotatable bonds is 6. The number of likely N-dealkylation sites (tertiary alicyclic amines) is 1. The Bertz CT molecular complexity index is 304. The first-order valence-electron chi connectivity index (χ1n) is 7.00. The number of carboxylic acid groups (broad SMARTS) is 1. The van der Waals surface area contributed by atoms with Crippen LogP contribution in [0.5, 0.6) is 0 Å². The molecule has 2 atom stereocenters. The number of nitrogens with zero attached hydrogens (tertiary/aromatic N) is 1. The maximum Gasteiger partial charge on any atom is 0.321 e. The van der Waals surface area contributed by atoms with Gasteiger partial charge >= 0.3 is 5.97 Å². The van der Waals surface area contributed by atoms with Crippen LogP contribution < -0.4 is 0 Å². The number of aliphatic hydroxyl groups is 1. The van der Waals surface area contributed by atoms with Crippen LogP contribution in [-0.2, 0) is 9.53 Å². The van der Waals surface area contributed by atoms with Gasteiger partial charge in [-0.2, -0.15) is 0 Å². The monoisotopic (exact) mass is 273 g/mol. The van der Waals surface area contributed by atoms with Crippen LogP contribution in [0.15, 0.2) is 0 Å². The molecule has 112 valence electrons. The second kappa shape index (κ2) is 6.68. The van der Waals surface area contributed by atoms with Gasteiger partial charge in [-0.1, -0.05) is 13.8 Å². The summed E-state index contributed by atoms with van der Waals surface area (Å²) >= 11 is 0. The molecular formula is C14H27NO4. The van der Waals surface area contributed by atoms with Crippen molar-refractivity contribution >= 4 is 5.97 Å². The van der Waals surface area contributed by atoms with E-state index in [9.17, 15) is 15.0 Å². The highest BCUT2D eigenvalue weighted by Crippen LogP contribution is 2.35. The minimum Gasteiger partial charge on any atom is -0.480 e. The smallest absolute Gasteiger partial charge is 0.321 e. The zero-order valence-corrected chi connectivity index (χ0v) is 12.4. The summed E-state index contributed by atoms with van der Waals surface area (Å²) in [7, 11) is 0. The molecule has 0 radical (unpaired) electrons. The Labute approximate surface area is 115 Å². The van der Waals surface area contributed by atoms with E-state index in [1.165, 1.54) is 0 Å². The quantitative estimate of drug-likeness (QED) is 0.764. The van der Waals surface area contributed by atoms with Crippen LogP contribution in [0, 0.1) is 5.41 Å². The lowest BCUT2D eigenvalue weighted by molar-refractivity contribution is -0.152. The van der Waals surface area contributed by atoms with Gasteiger partial charge in [-0.15, -0.1) is 0 Å². The van der Waals surface area contributed by atoms with Gasteiger partial charge in [0.05, 0.1) is 18.8 Å². The molecular weight excluding hydrogens is 246 g/mol. The van der Waals surface area contributed by atoms with Gasteiger partial charge in [0.1, 0.15) is 6.04 Å². The minimum absolute atomic E-state index is 0.0720. The first-order chi connectivity index (χ1) is 8.74. The maximum atomic E-state index is 11.5. The van der Waals surface area contributed by atoms with Crippen LogP contribution in [0.2, 0.25) is 0 Å². The third kappa shape index (κ3) is 4.75. The highest BCUT2D eigenvalue weighted by atomic mass is 16.5. The Morgan fingerprint density at radius 2 is 2.11 bits per heavy atom. The van der Waals surface area contributed by atoms with Crippen LogP contribution in [0.25, 0.3) is 0 Å². The molecule has 0 bridgehead atoms. The van der Waals surface area contributed by atoms with Gasteiger partial charge in [0, 0.05) is 6.54 Å². The summed E-state index contributed by atoms with van der Waals surface area (Å²) in [5.74, 6) is -0.804. The zero-order valence-electron chi connectivity index (χ0n) is 12.4. The number of hydrogen-bond donors (Lipinski definition) is 2. The van der Waals surface area contributed by atoms with Crippen molar-refractivity contribution in [3.8, 4) is 0 Å². The Morgan fingerprint density at radius 1 is 1.47 bits per heavy atom. The van der Waals surface area contributed by atoms with E-state index < -0.39 is 18.1 Å². The number of aliphatic carboxylic acids is 1. The summed E-state index contributed by atoms with van der Waals surface area (Å²) in [6, 6.07) is -0.532. The van der Waals surface area contributed by atoms with Gasteiger partial charge < -0.3 is 14.9 Å². The first kappa shape index (κ1) is 16.4. The van der Waals surface area contributed by atoms with Crippen molar-refractivity contribution in [1.82, 2.24) is 4.90 Å². The Morgan fingerprint density at radius 3 is 2.63 bits per heavy atom. The lowest BCUT2D eigenvalue weighted by atomic mass is 9.76. The van der Waals surface area contributed by atoms with Crippen molar-refractivity contribution < 1.29 is 19.7 Å². The van der Waals surface area contributed by atoms with Crippen molar-refractivity contribution in [3.05, 3.63) is 0 Å². The van der Waals surface area contributed by atoms with Crippen molar-refractivity contribution in [2.75, 3.05) is 19.7 Å². The molecule has 5 heteroatoms. The van der Waals surface area contributed by atoms with Crippen molar-refractivity contribution in [2.45, 2.75) is 58.8 Å². The largest absolute Gasteiger partial charge is 0.480 e. The number of β-amino-alcohol motifs (C(OH)–C–C–N with tert-alkyl or cyclic N) is 1. The number of carboxylic acids is 1. The first-order valence-corrected chi connectivity index (χ1v) is 7.00. The molecule has 0 aromatic rings. The Balaban J connectivity index is 2.61. The molecule has 1 heterocycles. The minimum atomic E-state index is -0.804. The normalized spacial score (nSPS) is 25.5. The molecule has 1 rings (SSSR count). The van der Waals surface area contributed by atoms with Crippen LogP contribution in [0.4, 0.5) is 0 Å². The van der Waals surface area contributed by atoms with E-state index in [4.69, 9.17) is 4.74 Å². The summed E-state index contributed by atoms with van der Waals surface area (Å²) in [4.78, 5) is 13.3. The van der Waals surface area contributed by atoms with Crippen LogP contribution in [0.1, 0.15) is 40.5 Å². The fourth-order valence-corrected chi connectivity index (χ4v) is 2.81. The molecule has 1 aliphatic rings. The van der Waals surface area contributed by atoms with E-state index in [2.05, 4.69) is 0 Å². The molecule has 5 nitrogen and oxygen atoms in total. The second-order valence-electron chi connectivity index (χ2n) is 6.36. The van der Waals surface area contributed by atoms with E-state index in [1.54, 1.807) is 0 Å². The van der Waals surface area contributed by atoms with Crippen molar-refractivity contribution in [3.63, 3.8) is 0 Å². The predicted molar refractivity (Wildman–Crippen MR) is 73.1 cm³/mol. The number of hydrogen-bond acceptors (Lipinski definition) is 4. The fourth-order valence-electron chi connectivity index (χ4n) is 2.81. The Hall–Kier alpha value is -0.650. The molecule has 1 saturated heterocycles. The average Bonchev–Trinajstić information content (AvgIpc) is 2.24. The van der Waals surface area contributed by atoms with Gasteiger partial charge in [0.25, 0.3) is 0 Å². The van der Waals surface area contributed by atoms with E-state index in [0.717, 1.165) is 19.4 Å². The predicted octanol–water partition coefficient (Wildman–Crippen LogP) is 1.35. The van der Waals surface area contributed by atoms with Gasteiger partial charge in [-0.3, -0.25) is 9.69 Å². The highest BCUT2D eigenvalue weighted by Gasteiger charge is 2.42. The molecule has 0 amide bonds. The molecule has 2 N–H and O–H groups in total. The van der Waals surface area contributed by atoms with Gasteiger partial charge in [0.15, 0.2) is 0 Å². The van der Waals surface area contributed by atoms with E-state index in [1.807, 2.05) is 32.6 Å². The molecule has 19 heavy (non-hydrogen) atoms. The summed E-state index contributed by atoms with van der Waals surface area (Å²) in [6.07, 6.45) is 1.30. The van der Waals surface area contributed by atoms with E-state index >= 15 is 0 Å². The lowest BCUT2D eigenvalue weighted by Crippen LogP contribution is -2.56. The summed E-state index contributed by atoms with van der Waals surface area (Å²) in [5, 5.41) is 19.4. The summed E-state index contributed by atoms with van der Waals surface area (Å²) < 4.78 is 5.37. The molecule has 1 aliphatic heterocycles. The number of carbonyl (C=O) groups is 1. The summed E-state index contributed by atoms with van der Waals surface area (Å²) in [6.45, 7) is 9.12. The maximum absolute atomic E-state index is 11.5. The van der Waals surface area contributed by atoms with Crippen LogP contribution in [-0.4, -0.2) is 59.0 Å². The SMILES string of the molecule is CC(C)OCC(O)CN1CCCC(C)(C)C1C(=O)O. The number of aliphatic hydroxyl groups excluding tert-OH is 1. The molecule has 2 unspecified atom stereocenters. The van der Waals surface area contributed by atoms with E-state index in [-0.39, 0.29) is 18.1 Å². The molecule has 0 aromatic heterocycles.